The topological polar surface area (TPSA) is 222 Å². The van der Waals surface area contributed by atoms with Crippen LogP contribution in [-0.2, 0) is 73.4 Å². The van der Waals surface area contributed by atoms with Crippen molar-refractivity contribution >= 4 is 28.1 Å². The second-order valence-corrected chi connectivity index (χ2v) is 38.7. The van der Waals surface area contributed by atoms with Crippen molar-refractivity contribution in [1.82, 2.24) is 0 Å². The van der Waals surface area contributed by atoms with Crippen LogP contribution in [0.15, 0.2) is 84.9 Å². The van der Waals surface area contributed by atoms with Gasteiger partial charge in [-0.1, -0.05) is 87.5 Å². The van der Waals surface area contributed by atoms with Gasteiger partial charge in [0.15, 0.2) is 25.2 Å². The number of methoxy groups -OCH3 is 6. The normalized spacial score (nSPS) is 18.6. The fourth-order valence-electron chi connectivity index (χ4n) is 10.6. The first-order valence-corrected chi connectivity index (χ1v) is 40.6. The molecule has 0 aromatic heterocycles. The van der Waals surface area contributed by atoms with Gasteiger partial charge in [0.1, 0.15) is 70.0 Å². The van der Waals surface area contributed by atoms with Crippen LogP contribution in [0.2, 0.25) is 51.4 Å². The Kier molecular flexibility index (Phi) is 33.2. The summed E-state index contributed by atoms with van der Waals surface area (Å²) in [5, 5.41) is 22.2. The molecule has 96 heavy (non-hydrogen) atoms. The third kappa shape index (κ3) is 28.1. The van der Waals surface area contributed by atoms with E-state index in [1.807, 2.05) is 108 Å². The van der Waals surface area contributed by atoms with Crippen LogP contribution in [0.4, 0.5) is 0 Å². The van der Waals surface area contributed by atoms with Gasteiger partial charge in [-0.2, -0.15) is 0 Å². The molecule has 2 saturated heterocycles. The molecule has 2 fully saturated rings. The average molecular weight is 1380 g/mol. The molecule has 2 heterocycles. The van der Waals surface area contributed by atoms with Crippen LogP contribution in [0.1, 0.15) is 123 Å². The van der Waals surface area contributed by atoms with Crippen LogP contribution >= 0.6 is 0 Å². The van der Waals surface area contributed by atoms with E-state index in [0.29, 0.717) is 112 Å². The maximum absolute atomic E-state index is 13.4. The first-order valence-electron chi connectivity index (χ1n) is 33.2. The summed E-state index contributed by atoms with van der Waals surface area (Å²) in [5.41, 5.74) is 4.31. The summed E-state index contributed by atoms with van der Waals surface area (Å²) in [6, 6.07) is 24.3. The molecule has 0 saturated carbocycles. The Hall–Kier alpha value is -6.05. The largest absolute Gasteiger partial charge is 0.497 e. The Bertz CT molecular complexity index is 3070. The maximum Gasteiger partial charge on any atom is 0.342 e. The van der Waals surface area contributed by atoms with E-state index < -0.39 is 70.2 Å². The molecule has 0 aliphatic carbocycles. The Balaban J connectivity index is 0.000000347. The molecule has 20 nitrogen and oxygen atoms in total. The van der Waals surface area contributed by atoms with Gasteiger partial charge in [-0.3, -0.25) is 0 Å². The minimum absolute atomic E-state index is 0.0230. The molecular formula is C74H110O20Si2. The lowest BCUT2D eigenvalue weighted by molar-refractivity contribution is -0.153. The SMILES string of the molecule is COCOc1cc(OC)cc(CCC[C@@H]2OC(C)(C)OC2C(O)/C=C\C[C@H](C)OCc2ccc(OC)cc2)c1C(=O)OCC[Si](C)(C)C.COCOc1cc(OC)cc(CCC[C@@H]2OC(C)(C)OC2C(O)C#CCC(C)OCc2ccc(OC)cc2)c1C(=O)OCC[Si](C)(C)C. The molecule has 2 aliphatic heterocycles. The highest BCUT2D eigenvalue weighted by Crippen LogP contribution is 2.38. The summed E-state index contributed by atoms with van der Waals surface area (Å²) < 4.78 is 91.3. The number of carbonyl (C=O) groups excluding carboxylic acids is 2. The molecule has 0 amide bonds. The Morgan fingerprint density at radius 3 is 1.41 bits per heavy atom. The van der Waals surface area contributed by atoms with Crippen LogP contribution in [-0.4, -0.2) is 168 Å². The third-order valence-corrected chi connectivity index (χ3v) is 19.2. The maximum atomic E-state index is 13.4. The Labute approximate surface area is 573 Å². The zero-order chi connectivity index (χ0) is 70.6. The van der Waals surface area contributed by atoms with E-state index >= 15 is 0 Å². The minimum Gasteiger partial charge on any atom is -0.497 e. The van der Waals surface area contributed by atoms with Crippen LogP contribution in [0.3, 0.4) is 0 Å². The molecule has 4 aromatic carbocycles. The third-order valence-electron chi connectivity index (χ3n) is 15.8. The summed E-state index contributed by atoms with van der Waals surface area (Å²) in [7, 11) is 6.67. The molecule has 2 aliphatic rings. The summed E-state index contributed by atoms with van der Waals surface area (Å²) in [6.07, 6.45) is 4.20. The fourth-order valence-corrected chi connectivity index (χ4v) is 12.0. The molecule has 8 atom stereocenters. The monoisotopic (exact) mass is 1370 g/mol. The highest BCUT2D eigenvalue weighted by Gasteiger charge is 2.45. The van der Waals surface area contributed by atoms with Crippen molar-refractivity contribution in [3.8, 4) is 46.3 Å². The minimum atomic E-state index is -1.40. The van der Waals surface area contributed by atoms with E-state index in [4.69, 9.17) is 75.8 Å². The van der Waals surface area contributed by atoms with Gasteiger partial charge in [-0.15, -0.1) is 0 Å². The highest BCUT2D eigenvalue weighted by molar-refractivity contribution is 6.76. The fraction of sp³-hybridized carbons (Fsp3) is 0.595. The Morgan fingerprint density at radius 2 is 0.990 bits per heavy atom. The van der Waals surface area contributed by atoms with Gasteiger partial charge in [-0.25, -0.2) is 9.59 Å². The van der Waals surface area contributed by atoms with Crippen molar-refractivity contribution < 1.29 is 95.6 Å². The number of ether oxygens (including phenoxy) is 16. The number of aliphatic hydroxyl groups is 2. The lowest BCUT2D eigenvalue weighted by Crippen LogP contribution is -2.34. The molecule has 22 heteroatoms. The predicted molar refractivity (Wildman–Crippen MR) is 374 cm³/mol. The second-order valence-electron chi connectivity index (χ2n) is 27.4. The predicted octanol–water partition coefficient (Wildman–Crippen LogP) is 13.3. The van der Waals surface area contributed by atoms with Crippen LogP contribution in [0, 0.1) is 11.8 Å². The molecule has 0 bridgehead atoms. The summed E-state index contributed by atoms with van der Waals surface area (Å²) >= 11 is 0. The van der Waals surface area contributed by atoms with E-state index in [1.165, 1.54) is 14.2 Å². The molecule has 4 aromatic rings. The zero-order valence-electron chi connectivity index (χ0n) is 60.3. The number of hydrogen-bond donors (Lipinski definition) is 2. The van der Waals surface area contributed by atoms with Gasteiger partial charge < -0.3 is 86.0 Å². The summed E-state index contributed by atoms with van der Waals surface area (Å²) in [5.74, 6) is 6.83. The number of benzene rings is 4. The molecule has 534 valence electrons. The van der Waals surface area contributed by atoms with E-state index in [2.05, 4.69) is 51.1 Å². The van der Waals surface area contributed by atoms with E-state index in [1.54, 1.807) is 46.6 Å². The van der Waals surface area contributed by atoms with Gasteiger partial charge in [0.05, 0.1) is 79.3 Å². The standard InChI is InChI=1S/C37H56O10Si.C37H54O10Si/c2*1-26(44-24-27-16-18-29(41-5)19-17-27)12-10-14-31(38)35-32(46-37(2,3)47-35)15-11-13-28-22-30(42-6)23-33(45-25-40-4)34(28)36(39)43-20-21-48(7,8)9/h10,14,16-19,22-23,26,31-32,35,38H,11-13,15,20-21,24-25H2,1-9H3;16-19,22-23,26,31-32,35,38H,11-13,15,20-21,24-25H2,1-9H3/b14-10-;/t26-,31?,32-,35?;26?,31?,32-,35?/m00/s1. The molecule has 0 spiro atoms. The first kappa shape index (κ1) is 80.6. The van der Waals surface area contributed by atoms with Gasteiger partial charge in [-0.05, 0) is 157 Å². The average Bonchev–Trinajstić information content (AvgIpc) is 1.28. The number of rotatable bonds is 38. The summed E-state index contributed by atoms with van der Waals surface area (Å²) in [4.78, 5) is 26.8. The number of aryl methyl sites for hydroxylation is 2. The zero-order valence-corrected chi connectivity index (χ0v) is 62.3. The van der Waals surface area contributed by atoms with Gasteiger partial charge >= 0.3 is 11.9 Å². The van der Waals surface area contributed by atoms with Crippen LogP contribution < -0.4 is 28.4 Å². The van der Waals surface area contributed by atoms with Crippen molar-refractivity contribution in [2.45, 2.75) is 218 Å². The van der Waals surface area contributed by atoms with Crippen molar-refractivity contribution in [3.05, 3.63) is 118 Å². The first-order chi connectivity index (χ1) is 45.5. The van der Waals surface area contributed by atoms with Crippen LogP contribution in [0.5, 0.6) is 34.5 Å². The highest BCUT2D eigenvalue weighted by atomic mass is 28.3. The van der Waals surface area contributed by atoms with E-state index in [0.717, 1.165) is 45.8 Å². The van der Waals surface area contributed by atoms with E-state index in [9.17, 15) is 19.8 Å². The van der Waals surface area contributed by atoms with Gasteiger partial charge in [0, 0.05) is 48.9 Å². The summed E-state index contributed by atoms with van der Waals surface area (Å²) in [6.45, 7) is 26.3. The van der Waals surface area contributed by atoms with Crippen LogP contribution in [0.25, 0.3) is 0 Å². The quantitative estimate of drug-likeness (QED) is 0.0140. The number of aliphatic hydroxyl groups excluding tert-OH is 2. The smallest absolute Gasteiger partial charge is 0.342 e. The van der Waals surface area contributed by atoms with Crippen molar-refractivity contribution in [1.29, 1.82) is 0 Å². The van der Waals surface area contributed by atoms with Crippen molar-refractivity contribution in [3.63, 3.8) is 0 Å². The van der Waals surface area contributed by atoms with Crippen molar-refractivity contribution in [2.24, 2.45) is 0 Å². The number of hydrogen-bond acceptors (Lipinski definition) is 20. The van der Waals surface area contributed by atoms with E-state index in [-0.39, 0.29) is 31.9 Å². The van der Waals surface area contributed by atoms with Gasteiger partial charge in [0.2, 0.25) is 0 Å². The molecule has 0 radical (unpaired) electrons. The Morgan fingerprint density at radius 1 is 0.573 bits per heavy atom. The second kappa shape index (κ2) is 39.5. The molecule has 5 unspecified atom stereocenters. The molecule has 6 rings (SSSR count). The lowest BCUT2D eigenvalue weighted by Gasteiger charge is -2.21. The lowest BCUT2D eigenvalue weighted by atomic mass is 9.96. The number of esters is 2. The van der Waals surface area contributed by atoms with Gasteiger partial charge in [0.25, 0.3) is 0 Å². The molecule has 2 N–H and O–H groups in total. The molecular weight excluding hydrogens is 1260 g/mol. The number of carbonyl (C=O) groups is 2. The van der Waals surface area contributed by atoms with Crippen molar-refractivity contribution in [2.75, 3.05) is 69.5 Å².